The van der Waals surface area contributed by atoms with Crippen LogP contribution in [0.5, 0.6) is 0 Å². The highest BCUT2D eigenvalue weighted by molar-refractivity contribution is 7.97. The number of rotatable bonds is 5. The molecule has 35 heavy (non-hydrogen) atoms. The molecule has 0 fully saturated rings. The fraction of sp³-hybridized carbons (Fsp3) is 0.0345. The van der Waals surface area contributed by atoms with Crippen LogP contribution in [0.15, 0.2) is 120 Å². The summed E-state index contributed by atoms with van der Waals surface area (Å²) >= 11 is 5.72. The lowest BCUT2D eigenvalue weighted by molar-refractivity contribution is -0.112. The summed E-state index contributed by atoms with van der Waals surface area (Å²) in [6, 6.07) is 38.6. The summed E-state index contributed by atoms with van der Waals surface area (Å²) in [5.74, 6) is 1.80. The van der Waals surface area contributed by atoms with Crippen LogP contribution in [0.25, 0.3) is 0 Å². The predicted octanol–water partition coefficient (Wildman–Crippen LogP) is 4.51. The molecule has 4 aromatic rings. The van der Waals surface area contributed by atoms with Gasteiger partial charge in [-0.2, -0.15) is 0 Å². The van der Waals surface area contributed by atoms with Crippen molar-refractivity contribution in [1.82, 2.24) is 0 Å². The number of anilines is 1. The summed E-state index contributed by atoms with van der Waals surface area (Å²) in [6.07, 6.45) is 0. The van der Waals surface area contributed by atoms with Gasteiger partial charge in [-0.25, -0.2) is 0 Å². The van der Waals surface area contributed by atoms with Gasteiger partial charge in [0.05, 0.1) is 5.69 Å². The van der Waals surface area contributed by atoms with Crippen molar-refractivity contribution in [2.75, 3.05) is 11.9 Å². The molecule has 0 spiro atoms. The molecule has 0 saturated carbocycles. The van der Waals surface area contributed by atoms with Gasteiger partial charge in [0.1, 0.15) is 0 Å². The molecule has 0 saturated heterocycles. The minimum absolute atomic E-state index is 0.218. The molecule has 0 aromatic heterocycles. The average Bonchev–Trinajstić information content (AvgIpc) is 3.17. The molecule has 0 aliphatic carbocycles. The van der Waals surface area contributed by atoms with E-state index in [0.29, 0.717) is 0 Å². The normalized spacial score (nSPS) is 14.0. The maximum Gasteiger partial charge on any atom is 0.280 e. The second kappa shape index (κ2) is 9.83. The lowest BCUT2D eigenvalue weighted by Gasteiger charge is -2.28. The lowest BCUT2D eigenvalue weighted by Crippen LogP contribution is -2.29. The van der Waals surface area contributed by atoms with Crippen molar-refractivity contribution in [2.24, 2.45) is 5.16 Å². The first kappa shape index (κ1) is 23.0. The SMILES string of the molecule is CN1C(=O)C(=NOC(=S)C=P(c2ccccc2)(c2ccccc2)c2ccccc2)c2ccccc21. The monoisotopic (exact) mass is 494 g/mol. The molecule has 0 bridgehead atoms. The number of hydrogen-bond donors (Lipinski definition) is 0. The standard InChI is InChI=1S/C29H23N2O2PS/c1-31-26-20-12-11-19-25(26)28(29(31)32)30-33-27(35)21-34(22-13-5-2-6-14-22,23-15-7-3-8-16-23)24-17-9-4-10-18-24/h2-21H,1H3. The average molecular weight is 495 g/mol. The van der Waals surface area contributed by atoms with Gasteiger partial charge in [-0.15, -0.1) is 0 Å². The van der Waals surface area contributed by atoms with E-state index in [9.17, 15) is 4.79 Å². The number of para-hydroxylation sites is 1. The van der Waals surface area contributed by atoms with Crippen LogP contribution in [0.3, 0.4) is 0 Å². The van der Waals surface area contributed by atoms with Crippen LogP contribution < -0.4 is 20.8 Å². The van der Waals surface area contributed by atoms with Crippen LogP contribution in [-0.2, 0) is 9.63 Å². The molecule has 6 heteroatoms. The van der Waals surface area contributed by atoms with Crippen molar-refractivity contribution in [2.45, 2.75) is 0 Å². The zero-order valence-electron chi connectivity index (χ0n) is 19.1. The van der Waals surface area contributed by atoms with Crippen LogP contribution in [-0.4, -0.2) is 29.5 Å². The van der Waals surface area contributed by atoms with Crippen molar-refractivity contribution in [3.63, 3.8) is 0 Å². The van der Waals surface area contributed by atoms with Crippen molar-refractivity contribution >= 4 is 63.2 Å². The van der Waals surface area contributed by atoms with Gasteiger partial charge in [0.25, 0.3) is 5.91 Å². The van der Waals surface area contributed by atoms with Gasteiger partial charge in [0.2, 0.25) is 5.05 Å². The molecule has 4 aromatic carbocycles. The van der Waals surface area contributed by atoms with Gasteiger partial charge in [0, 0.05) is 18.4 Å². The maximum absolute atomic E-state index is 12.8. The van der Waals surface area contributed by atoms with E-state index in [4.69, 9.17) is 17.1 Å². The number of carbonyl (C=O) groups excluding carboxylic acids is 1. The van der Waals surface area contributed by atoms with Gasteiger partial charge in [-0.1, -0.05) is 114 Å². The molecule has 172 valence electrons. The van der Waals surface area contributed by atoms with E-state index in [1.54, 1.807) is 11.9 Å². The van der Waals surface area contributed by atoms with Crippen LogP contribution in [0.2, 0.25) is 0 Å². The molecule has 1 amide bonds. The number of hydrogen-bond acceptors (Lipinski definition) is 4. The summed E-state index contributed by atoms with van der Waals surface area (Å²) in [5, 5.41) is 7.91. The molecule has 4 nitrogen and oxygen atoms in total. The Balaban J connectivity index is 1.65. The molecule has 0 N–H and O–H groups in total. The third-order valence-electron chi connectivity index (χ3n) is 6.04. The molecule has 5 rings (SSSR count). The molecule has 1 aliphatic rings. The second-order valence-electron chi connectivity index (χ2n) is 8.09. The van der Waals surface area contributed by atoms with Gasteiger partial charge >= 0.3 is 0 Å². The Morgan fingerprint density at radius 2 is 1.23 bits per heavy atom. The second-order valence-corrected chi connectivity index (χ2v) is 11.7. The van der Waals surface area contributed by atoms with Crippen molar-refractivity contribution < 1.29 is 9.63 Å². The van der Waals surface area contributed by atoms with Gasteiger partial charge < -0.3 is 9.74 Å². The Morgan fingerprint density at radius 1 is 0.771 bits per heavy atom. The first-order valence-corrected chi connectivity index (χ1v) is 13.5. The van der Waals surface area contributed by atoms with Gasteiger partial charge in [-0.3, -0.25) is 4.79 Å². The Kier molecular flexibility index (Phi) is 6.45. The zero-order chi connectivity index (χ0) is 24.3. The summed E-state index contributed by atoms with van der Waals surface area (Å²) < 4.78 is 0. The first-order chi connectivity index (χ1) is 17.1. The Labute approximate surface area is 210 Å². The van der Waals surface area contributed by atoms with Gasteiger partial charge in [0.15, 0.2) is 5.71 Å². The third kappa shape index (κ3) is 4.25. The quantitative estimate of drug-likeness (QED) is 0.233. The van der Waals surface area contributed by atoms with Crippen LogP contribution in [0, 0.1) is 0 Å². The Bertz CT molecular complexity index is 1370. The number of oxime groups is 1. The van der Waals surface area contributed by atoms with Crippen molar-refractivity contribution in [3.8, 4) is 0 Å². The topological polar surface area (TPSA) is 41.9 Å². The van der Waals surface area contributed by atoms with E-state index in [-0.39, 0.29) is 16.7 Å². The predicted molar refractivity (Wildman–Crippen MR) is 151 cm³/mol. The smallest absolute Gasteiger partial charge is 0.280 e. The van der Waals surface area contributed by atoms with Crippen LogP contribution >= 0.6 is 19.1 Å². The lowest BCUT2D eigenvalue weighted by atomic mass is 10.1. The number of thiocarbonyl (C=S) groups is 1. The number of likely N-dealkylation sites (N-methyl/N-ethyl adjacent to an activating group) is 1. The fourth-order valence-corrected chi connectivity index (χ4v) is 8.51. The van der Waals surface area contributed by atoms with E-state index in [1.807, 2.05) is 84.7 Å². The summed E-state index contributed by atoms with van der Waals surface area (Å²) in [6.45, 7) is -2.32. The fourth-order valence-electron chi connectivity index (χ4n) is 4.37. The first-order valence-electron chi connectivity index (χ1n) is 11.2. The van der Waals surface area contributed by atoms with Gasteiger partial charge in [-0.05, 0) is 41.1 Å². The van der Waals surface area contributed by atoms with E-state index < -0.39 is 6.89 Å². The highest BCUT2D eigenvalue weighted by Crippen LogP contribution is 2.43. The Hall–Kier alpha value is -3.79. The molecular weight excluding hydrogens is 471 g/mol. The van der Waals surface area contributed by atoms with Crippen molar-refractivity contribution in [1.29, 1.82) is 0 Å². The number of benzene rings is 4. The zero-order valence-corrected chi connectivity index (χ0v) is 20.8. The summed E-state index contributed by atoms with van der Waals surface area (Å²) in [5.41, 5.74) is 1.79. The van der Waals surface area contributed by atoms with Crippen LogP contribution in [0.4, 0.5) is 5.69 Å². The Morgan fingerprint density at radius 3 is 1.74 bits per heavy atom. The highest BCUT2D eigenvalue weighted by Gasteiger charge is 2.32. The summed E-state index contributed by atoms with van der Waals surface area (Å²) in [4.78, 5) is 20.1. The highest BCUT2D eigenvalue weighted by atomic mass is 32.1. The minimum Gasteiger partial charge on any atom is -0.344 e. The number of amides is 1. The molecule has 0 unspecified atom stereocenters. The summed E-state index contributed by atoms with van der Waals surface area (Å²) in [7, 11) is 1.73. The minimum atomic E-state index is -2.32. The molecule has 0 radical (unpaired) electrons. The van der Waals surface area contributed by atoms with Crippen LogP contribution in [0.1, 0.15) is 5.56 Å². The van der Waals surface area contributed by atoms with E-state index >= 15 is 0 Å². The molecule has 1 aliphatic heterocycles. The molecular formula is C29H23N2O2PS. The maximum atomic E-state index is 12.8. The van der Waals surface area contributed by atoms with E-state index in [2.05, 4.69) is 41.6 Å². The van der Waals surface area contributed by atoms with E-state index in [0.717, 1.165) is 27.2 Å². The largest absolute Gasteiger partial charge is 0.344 e. The van der Waals surface area contributed by atoms with Crippen molar-refractivity contribution in [3.05, 3.63) is 121 Å². The van der Waals surface area contributed by atoms with E-state index in [1.165, 1.54) is 0 Å². The number of carbonyl (C=O) groups is 1. The molecule has 0 atom stereocenters. The third-order valence-corrected chi connectivity index (χ3v) is 10.4. The number of nitrogens with zero attached hydrogens (tertiary/aromatic N) is 2. The molecule has 1 heterocycles. The number of fused-ring (bicyclic) bond motifs is 1.